The lowest BCUT2D eigenvalue weighted by Gasteiger charge is -2.22. The van der Waals surface area contributed by atoms with Crippen molar-refractivity contribution in [1.82, 2.24) is 0 Å². The summed E-state index contributed by atoms with van der Waals surface area (Å²) in [6, 6.07) is 3.09. The smallest absolute Gasteiger partial charge is 0.340 e. The third-order valence-electron chi connectivity index (χ3n) is 3.22. The van der Waals surface area contributed by atoms with E-state index in [0.717, 1.165) is 0 Å². The van der Waals surface area contributed by atoms with Crippen molar-refractivity contribution in [3.63, 3.8) is 0 Å². The van der Waals surface area contributed by atoms with E-state index in [9.17, 15) is 4.79 Å². The number of carbonyl (C=O) groups is 1. The standard InChI is InChI=1S/C14H19NO5/c1-17-12-7-10(11(15)8-13(12)18-2)14(16)20-9-3-5-19-6-4-9/h7-9H,3-6,15H2,1-2H3. The molecule has 1 aliphatic rings. The van der Waals surface area contributed by atoms with Crippen LogP contribution in [-0.4, -0.2) is 39.5 Å². The molecule has 0 amide bonds. The first-order valence-electron chi connectivity index (χ1n) is 6.46. The van der Waals surface area contributed by atoms with Crippen molar-refractivity contribution in [2.45, 2.75) is 18.9 Å². The van der Waals surface area contributed by atoms with E-state index in [2.05, 4.69) is 0 Å². The van der Waals surface area contributed by atoms with Crippen molar-refractivity contribution >= 4 is 11.7 Å². The Bertz CT molecular complexity index is 483. The van der Waals surface area contributed by atoms with Gasteiger partial charge >= 0.3 is 5.97 Å². The van der Waals surface area contributed by atoms with Crippen molar-refractivity contribution in [1.29, 1.82) is 0 Å². The molecule has 0 aromatic heterocycles. The summed E-state index contributed by atoms with van der Waals surface area (Å²) in [5, 5.41) is 0. The Morgan fingerprint density at radius 2 is 1.80 bits per heavy atom. The number of nitrogen functional groups attached to an aromatic ring is 1. The van der Waals surface area contributed by atoms with E-state index < -0.39 is 5.97 Å². The summed E-state index contributed by atoms with van der Waals surface area (Å²) in [7, 11) is 3.01. The third kappa shape index (κ3) is 3.14. The Kier molecular flexibility index (Phi) is 4.68. The van der Waals surface area contributed by atoms with Gasteiger partial charge in [-0.2, -0.15) is 0 Å². The molecule has 2 rings (SSSR count). The Balaban J connectivity index is 2.16. The van der Waals surface area contributed by atoms with Crippen molar-refractivity contribution < 1.29 is 23.7 Å². The van der Waals surface area contributed by atoms with E-state index in [1.807, 2.05) is 0 Å². The average molecular weight is 281 g/mol. The van der Waals surface area contributed by atoms with Gasteiger partial charge in [0.25, 0.3) is 0 Å². The summed E-state index contributed by atoms with van der Waals surface area (Å²) in [6.07, 6.45) is 1.29. The van der Waals surface area contributed by atoms with Crippen molar-refractivity contribution in [2.24, 2.45) is 0 Å². The average Bonchev–Trinajstić information content (AvgIpc) is 2.47. The van der Waals surface area contributed by atoms with Crippen LogP contribution in [0.25, 0.3) is 0 Å². The van der Waals surface area contributed by atoms with Crippen LogP contribution in [0.2, 0.25) is 0 Å². The highest BCUT2D eigenvalue weighted by Crippen LogP contribution is 2.32. The van der Waals surface area contributed by atoms with Crippen LogP contribution in [0.4, 0.5) is 5.69 Å². The monoisotopic (exact) mass is 281 g/mol. The zero-order valence-corrected chi connectivity index (χ0v) is 11.7. The lowest BCUT2D eigenvalue weighted by atomic mass is 10.1. The van der Waals surface area contributed by atoms with Gasteiger partial charge in [-0.25, -0.2) is 4.79 Å². The zero-order valence-electron chi connectivity index (χ0n) is 11.7. The third-order valence-corrected chi connectivity index (χ3v) is 3.22. The number of nitrogens with two attached hydrogens (primary N) is 1. The molecular formula is C14H19NO5. The SMILES string of the molecule is COc1cc(N)c(C(=O)OC2CCOCC2)cc1OC. The summed E-state index contributed by atoms with van der Waals surface area (Å²) in [4.78, 5) is 12.2. The second-order valence-corrected chi connectivity index (χ2v) is 4.51. The summed E-state index contributed by atoms with van der Waals surface area (Å²) in [5.74, 6) is 0.476. The molecule has 0 aliphatic carbocycles. The highest BCUT2D eigenvalue weighted by atomic mass is 16.6. The van der Waals surface area contributed by atoms with Crippen molar-refractivity contribution in [3.05, 3.63) is 17.7 Å². The lowest BCUT2D eigenvalue weighted by molar-refractivity contribution is -0.0158. The molecule has 20 heavy (non-hydrogen) atoms. The highest BCUT2D eigenvalue weighted by molar-refractivity contribution is 5.96. The van der Waals surface area contributed by atoms with Crippen molar-refractivity contribution in [3.8, 4) is 11.5 Å². The molecule has 6 nitrogen and oxygen atoms in total. The number of rotatable bonds is 4. The topological polar surface area (TPSA) is 80.0 Å². The van der Waals surface area contributed by atoms with Gasteiger partial charge in [0.1, 0.15) is 6.10 Å². The molecule has 0 spiro atoms. The molecule has 0 saturated carbocycles. The van der Waals surface area contributed by atoms with Crippen LogP contribution >= 0.6 is 0 Å². The predicted molar refractivity (Wildman–Crippen MR) is 73.2 cm³/mol. The molecule has 1 heterocycles. The van der Waals surface area contributed by atoms with E-state index >= 15 is 0 Å². The van der Waals surface area contributed by atoms with Crippen LogP contribution in [0.3, 0.4) is 0 Å². The molecule has 1 aliphatic heterocycles. The quantitative estimate of drug-likeness (QED) is 0.667. The Morgan fingerprint density at radius 1 is 1.20 bits per heavy atom. The second-order valence-electron chi connectivity index (χ2n) is 4.51. The van der Waals surface area contributed by atoms with E-state index in [1.165, 1.54) is 20.3 Å². The summed E-state index contributed by atoms with van der Waals surface area (Å²) in [5.41, 5.74) is 6.46. The predicted octanol–water partition coefficient (Wildman–Crippen LogP) is 1.62. The van der Waals surface area contributed by atoms with Gasteiger partial charge in [-0.15, -0.1) is 0 Å². The normalized spacial score (nSPS) is 15.7. The molecule has 0 unspecified atom stereocenters. The van der Waals surface area contributed by atoms with Crippen LogP contribution < -0.4 is 15.2 Å². The molecule has 1 aromatic rings. The van der Waals surface area contributed by atoms with Crippen LogP contribution in [0.5, 0.6) is 11.5 Å². The fourth-order valence-corrected chi connectivity index (χ4v) is 2.08. The molecular weight excluding hydrogens is 262 g/mol. The first-order chi connectivity index (χ1) is 9.65. The van der Waals surface area contributed by atoms with Gasteiger partial charge in [-0.3, -0.25) is 0 Å². The minimum Gasteiger partial charge on any atom is -0.493 e. The number of carbonyl (C=O) groups excluding carboxylic acids is 1. The van der Waals surface area contributed by atoms with E-state index in [0.29, 0.717) is 43.2 Å². The summed E-state index contributed by atoms with van der Waals surface area (Å²) in [6.45, 7) is 1.22. The van der Waals surface area contributed by atoms with E-state index in [-0.39, 0.29) is 11.7 Å². The minimum atomic E-state index is -0.449. The van der Waals surface area contributed by atoms with E-state index in [4.69, 9.17) is 24.7 Å². The number of benzene rings is 1. The maximum atomic E-state index is 12.2. The number of esters is 1. The van der Waals surface area contributed by atoms with Gasteiger partial charge in [-0.1, -0.05) is 0 Å². The first kappa shape index (κ1) is 14.5. The second kappa shape index (κ2) is 6.47. The maximum absolute atomic E-state index is 12.2. The molecule has 2 N–H and O–H groups in total. The van der Waals surface area contributed by atoms with Crippen LogP contribution in [0.15, 0.2) is 12.1 Å². The number of hydrogen-bond acceptors (Lipinski definition) is 6. The molecule has 0 atom stereocenters. The highest BCUT2D eigenvalue weighted by Gasteiger charge is 2.22. The maximum Gasteiger partial charge on any atom is 0.340 e. The molecule has 0 radical (unpaired) electrons. The fourth-order valence-electron chi connectivity index (χ4n) is 2.08. The molecule has 6 heteroatoms. The Labute approximate surface area is 117 Å². The van der Waals surface area contributed by atoms with Crippen LogP contribution in [0, 0.1) is 0 Å². The molecule has 1 saturated heterocycles. The number of ether oxygens (including phenoxy) is 4. The van der Waals surface area contributed by atoms with E-state index in [1.54, 1.807) is 6.07 Å². The summed E-state index contributed by atoms with van der Waals surface area (Å²) < 4.78 is 21.0. The van der Waals surface area contributed by atoms with Gasteiger partial charge in [0.15, 0.2) is 11.5 Å². The largest absolute Gasteiger partial charge is 0.493 e. The first-order valence-corrected chi connectivity index (χ1v) is 6.46. The molecule has 1 fully saturated rings. The van der Waals surface area contributed by atoms with Gasteiger partial charge in [0.2, 0.25) is 0 Å². The minimum absolute atomic E-state index is 0.122. The number of anilines is 1. The Hall–Kier alpha value is -1.95. The van der Waals surface area contributed by atoms with Crippen molar-refractivity contribution in [2.75, 3.05) is 33.2 Å². The molecule has 110 valence electrons. The Morgan fingerprint density at radius 3 is 2.40 bits per heavy atom. The van der Waals surface area contributed by atoms with Crippen LogP contribution in [0.1, 0.15) is 23.2 Å². The number of methoxy groups -OCH3 is 2. The van der Waals surface area contributed by atoms with Crippen LogP contribution in [-0.2, 0) is 9.47 Å². The molecule has 0 bridgehead atoms. The van der Waals surface area contributed by atoms with Gasteiger partial charge in [0.05, 0.1) is 38.7 Å². The number of hydrogen-bond donors (Lipinski definition) is 1. The van der Waals surface area contributed by atoms with Gasteiger partial charge in [-0.05, 0) is 0 Å². The molecule has 1 aromatic carbocycles. The fraction of sp³-hybridized carbons (Fsp3) is 0.500. The lowest BCUT2D eigenvalue weighted by Crippen LogP contribution is -2.26. The zero-order chi connectivity index (χ0) is 14.5. The van der Waals surface area contributed by atoms with Gasteiger partial charge < -0.3 is 24.7 Å². The van der Waals surface area contributed by atoms with Gasteiger partial charge in [0, 0.05) is 25.0 Å². The summed E-state index contributed by atoms with van der Waals surface area (Å²) >= 11 is 0.